The van der Waals surface area contributed by atoms with Crippen LogP contribution in [-0.4, -0.2) is 18.9 Å². The molecule has 18 heavy (non-hydrogen) atoms. The fraction of sp³-hybridized carbons (Fsp3) is 0.562. The second-order valence-corrected chi connectivity index (χ2v) is 5.65. The molecule has 0 bridgehead atoms. The number of para-hydroxylation sites is 1. The third kappa shape index (κ3) is 1.94. The maximum Gasteiger partial charge on any atom is 0.164 e. The van der Waals surface area contributed by atoms with Crippen molar-refractivity contribution >= 4 is 11.5 Å². The Morgan fingerprint density at radius 3 is 2.56 bits per heavy atom. The molecule has 1 saturated heterocycles. The molecule has 2 aliphatic rings. The predicted octanol–water partition coefficient (Wildman–Crippen LogP) is 3.52. The van der Waals surface area contributed by atoms with Gasteiger partial charge in [0.1, 0.15) is 0 Å². The minimum Gasteiger partial charge on any atom is -0.370 e. The highest BCUT2D eigenvalue weighted by atomic mass is 16.1. The number of hydrogen-bond acceptors (Lipinski definition) is 2. The highest BCUT2D eigenvalue weighted by Crippen LogP contribution is 2.40. The molecule has 1 aromatic carbocycles. The molecule has 2 heteroatoms. The molecule has 0 amide bonds. The van der Waals surface area contributed by atoms with Gasteiger partial charge in [-0.05, 0) is 36.8 Å². The van der Waals surface area contributed by atoms with E-state index in [0.29, 0.717) is 6.42 Å². The van der Waals surface area contributed by atoms with Crippen LogP contribution in [0.5, 0.6) is 0 Å². The van der Waals surface area contributed by atoms with Gasteiger partial charge in [0.25, 0.3) is 0 Å². The number of rotatable bonds is 3. The lowest BCUT2D eigenvalue weighted by molar-refractivity contribution is 0.0988. The molecule has 3 rings (SSSR count). The van der Waals surface area contributed by atoms with Crippen molar-refractivity contribution in [2.24, 2.45) is 11.8 Å². The SMILES string of the molecule is CCC(=O)c1ccccc1N1CC2CCCC2C1. The molecule has 0 radical (unpaired) electrons. The van der Waals surface area contributed by atoms with E-state index in [1.807, 2.05) is 19.1 Å². The van der Waals surface area contributed by atoms with Gasteiger partial charge in [0.2, 0.25) is 0 Å². The van der Waals surface area contributed by atoms with Gasteiger partial charge in [0.15, 0.2) is 5.78 Å². The molecule has 1 aliphatic carbocycles. The van der Waals surface area contributed by atoms with Gasteiger partial charge < -0.3 is 4.90 Å². The number of Topliss-reactive ketones (excluding diaryl/α,β-unsaturated/α-hetero) is 1. The molecule has 0 N–H and O–H groups in total. The van der Waals surface area contributed by atoms with Gasteiger partial charge in [-0.25, -0.2) is 0 Å². The van der Waals surface area contributed by atoms with Gasteiger partial charge in [-0.1, -0.05) is 25.5 Å². The van der Waals surface area contributed by atoms with Crippen molar-refractivity contribution in [1.29, 1.82) is 0 Å². The number of carbonyl (C=O) groups is 1. The largest absolute Gasteiger partial charge is 0.370 e. The first-order valence-corrected chi connectivity index (χ1v) is 7.16. The summed E-state index contributed by atoms with van der Waals surface area (Å²) < 4.78 is 0. The lowest BCUT2D eigenvalue weighted by atomic mass is 10.0. The Bertz CT molecular complexity index is 442. The fourth-order valence-electron chi connectivity index (χ4n) is 3.61. The summed E-state index contributed by atoms with van der Waals surface area (Å²) in [5, 5.41) is 0. The quantitative estimate of drug-likeness (QED) is 0.757. The summed E-state index contributed by atoms with van der Waals surface area (Å²) in [5.74, 6) is 2.01. The average Bonchev–Trinajstić information content (AvgIpc) is 2.98. The normalized spacial score (nSPS) is 26.4. The minimum atomic E-state index is 0.266. The second kappa shape index (κ2) is 4.75. The Kier molecular flexibility index (Phi) is 3.11. The van der Waals surface area contributed by atoms with E-state index in [-0.39, 0.29) is 5.78 Å². The van der Waals surface area contributed by atoms with Gasteiger partial charge in [-0.3, -0.25) is 4.79 Å². The molecule has 2 fully saturated rings. The molecule has 2 nitrogen and oxygen atoms in total. The molecule has 1 aliphatic heterocycles. The van der Waals surface area contributed by atoms with Crippen molar-refractivity contribution in [3.05, 3.63) is 29.8 Å². The molecular formula is C16H21NO. The highest BCUT2D eigenvalue weighted by molar-refractivity contribution is 6.01. The van der Waals surface area contributed by atoms with E-state index in [1.165, 1.54) is 24.9 Å². The van der Waals surface area contributed by atoms with Crippen molar-refractivity contribution < 1.29 is 4.79 Å². The number of fused-ring (bicyclic) bond motifs is 1. The smallest absolute Gasteiger partial charge is 0.164 e. The molecule has 0 spiro atoms. The summed E-state index contributed by atoms with van der Waals surface area (Å²) in [5.41, 5.74) is 2.08. The molecule has 1 saturated carbocycles. The maximum atomic E-state index is 12.0. The zero-order chi connectivity index (χ0) is 12.5. The molecule has 2 unspecified atom stereocenters. The first kappa shape index (κ1) is 11.8. The minimum absolute atomic E-state index is 0.266. The summed E-state index contributed by atoms with van der Waals surface area (Å²) in [6.45, 7) is 4.25. The Morgan fingerprint density at radius 2 is 1.89 bits per heavy atom. The Labute approximate surface area is 109 Å². The van der Waals surface area contributed by atoms with Crippen molar-refractivity contribution in [1.82, 2.24) is 0 Å². The molecule has 0 aromatic heterocycles. The van der Waals surface area contributed by atoms with Gasteiger partial charge in [0.05, 0.1) is 0 Å². The van der Waals surface area contributed by atoms with Crippen LogP contribution < -0.4 is 4.90 Å². The van der Waals surface area contributed by atoms with E-state index in [4.69, 9.17) is 0 Å². The second-order valence-electron chi connectivity index (χ2n) is 5.65. The van der Waals surface area contributed by atoms with Crippen LogP contribution in [0.4, 0.5) is 5.69 Å². The van der Waals surface area contributed by atoms with E-state index in [1.54, 1.807) is 0 Å². The number of ketones is 1. The van der Waals surface area contributed by atoms with Gasteiger partial charge in [-0.2, -0.15) is 0 Å². The standard InChI is InChI=1S/C16H21NO/c1-2-16(18)14-8-3-4-9-15(14)17-10-12-6-5-7-13(12)11-17/h3-4,8-9,12-13H,2,5-7,10-11H2,1H3. The Hall–Kier alpha value is -1.31. The van der Waals surface area contributed by atoms with Crippen molar-refractivity contribution in [3.63, 3.8) is 0 Å². The third-order valence-electron chi connectivity index (χ3n) is 4.59. The summed E-state index contributed by atoms with van der Waals surface area (Å²) in [6, 6.07) is 8.12. The van der Waals surface area contributed by atoms with Gasteiger partial charge in [-0.15, -0.1) is 0 Å². The number of hydrogen-bond donors (Lipinski definition) is 0. The number of nitrogens with zero attached hydrogens (tertiary/aromatic N) is 1. The van der Waals surface area contributed by atoms with Crippen LogP contribution in [0.25, 0.3) is 0 Å². The summed E-state index contributed by atoms with van der Waals surface area (Å²) >= 11 is 0. The van der Waals surface area contributed by atoms with Crippen LogP contribution in [0.2, 0.25) is 0 Å². The number of benzene rings is 1. The molecule has 1 heterocycles. The zero-order valence-corrected chi connectivity index (χ0v) is 11.1. The van der Waals surface area contributed by atoms with Gasteiger partial charge >= 0.3 is 0 Å². The van der Waals surface area contributed by atoms with E-state index in [2.05, 4.69) is 17.0 Å². The van der Waals surface area contributed by atoms with Crippen LogP contribution in [0.15, 0.2) is 24.3 Å². The van der Waals surface area contributed by atoms with Crippen molar-refractivity contribution in [2.75, 3.05) is 18.0 Å². The Balaban J connectivity index is 1.86. The summed E-state index contributed by atoms with van der Waals surface area (Å²) in [4.78, 5) is 14.5. The highest BCUT2D eigenvalue weighted by Gasteiger charge is 2.36. The Morgan fingerprint density at radius 1 is 1.22 bits per heavy atom. The predicted molar refractivity (Wildman–Crippen MR) is 74.1 cm³/mol. The fourth-order valence-corrected chi connectivity index (χ4v) is 3.61. The van der Waals surface area contributed by atoms with Crippen LogP contribution in [0, 0.1) is 11.8 Å². The summed E-state index contributed by atoms with van der Waals surface area (Å²) in [6.07, 6.45) is 4.76. The molecular weight excluding hydrogens is 222 g/mol. The number of carbonyl (C=O) groups excluding carboxylic acids is 1. The van der Waals surface area contributed by atoms with Crippen LogP contribution >= 0.6 is 0 Å². The van der Waals surface area contributed by atoms with Crippen LogP contribution in [-0.2, 0) is 0 Å². The average molecular weight is 243 g/mol. The van der Waals surface area contributed by atoms with Crippen LogP contribution in [0.3, 0.4) is 0 Å². The topological polar surface area (TPSA) is 20.3 Å². The van der Waals surface area contributed by atoms with E-state index < -0.39 is 0 Å². The van der Waals surface area contributed by atoms with E-state index in [9.17, 15) is 4.79 Å². The molecule has 2 atom stereocenters. The van der Waals surface area contributed by atoms with E-state index >= 15 is 0 Å². The van der Waals surface area contributed by atoms with Gasteiger partial charge in [0, 0.05) is 30.8 Å². The van der Waals surface area contributed by atoms with Crippen molar-refractivity contribution in [3.8, 4) is 0 Å². The first-order chi connectivity index (χ1) is 8.79. The first-order valence-electron chi connectivity index (χ1n) is 7.16. The lowest BCUT2D eigenvalue weighted by Crippen LogP contribution is -2.23. The van der Waals surface area contributed by atoms with E-state index in [0.717, 1.165) is 30.5 Å². The summed E-state index contributed by atoms with van der Waals surface area (Å²) in [7, 11) is 0. The molecule has 1 aromatic rings. The third-order valence-corrected chi connectivity index (χ3v) is 4.59. The van der Waals surface area contributed by atoms with Crippen molar-refractivity contribution in [2.45, 2.75) is 32.6 Å². The number of anilines is 1. The lowest BCUT2D eigenvalue weighted by Gasteiger charge is -2.22. The molecule has 96 valence electrons. The van der Waals surface area contributed by atoms with Crippen LogP contribution in [0.1, 0.15) is 43.0 Å². The monoisotopic (exact) mass is 243 g/mol. The maximum absolute atomic E-state index is 12.0. The zero-order valence-electron chi connectivity index (χ0n) is 11.1.